The molecule has 0 aromatic carbocycles. The fourth-order valence-corrected chi connectivity index (χ4v) is 1.39. The van der Waals surface area contributed by atoms with E-state index in [0.717, 1.165) is 24.2 Å². The Morgan fingerprint density at radius 1 is 1.50 bits per heavy atom. The van der Waals surface area contributed by atoms with Crippen LogP contribution in [0.4, 0.5) is 8.78 Å². The molecule has 0 aliphatic heterocycles. The number of alkyl halides is 2. The first-order valence-corrected chi connectivity index (χ1v) is 5.58. The van der Waals surface area contributed by atoms with Crippen LogP contribution < -0.4 is 5.73 Å². The molecule has 1 fully saturated rings. The Labute approximate surface area is 104 Å². The van der Waals surface area contributed by atoms with E-state index in [1.165, 1.54) is 0 Å². The minimum absolute atomic E-state index is 0.141. The molecule has 0 bridgehead atoms. The Morgan fingerprint density at radius 2 is 2.11 bits per heavy atom. The van der Waals surface area contributed by atoms with Gasteiger partial charge in [-0.25, -0.2) is 13.7 Å². The van der Waals surface area contributed by atoms with Crippen molar-refractivity contribution >= 4 is 11.8 Å². The van der Waals surface area contributed by atoms with Crippen LogP contribution in [0.3, 0.4) is 0 Å². The van der Waals surface area contributed by atoms with Gasteiger partial charge in [-0.1, -0.05) is 0 Å². The zero-order valence-corrected chi connectivity index (χ0v) is 9.73. The largest absolute Gasteiger partial charge is 0.370 e. The molecule has 1 saturated carbocycles. The summed E-state index contributed by atoms with van der Waals surface area (Å²) in [6.45, 7) is 0. The normalized spacial score (nSPS) is 14.9. The molecule has 7 heteroatoms. The van der Waals surface area contributed by atoms with Crippen LogP contribution in [-0.4, -0.2) is 28.7 Å². The van der Waals surface area contributed by atoms with Gasteiger partial charge in [0.05, 0.1) is 6.42 Å². The van der Waals surface area contributed by atoms with E-state index >= 15 is 0 Å². The van der Waals surface area contributed by atoms with Crippen molar-refractivity contribution in [2.24, 2.45) is 5.73 Å². The van der Waals surface area contributed by atoms with E-state index in [-0.39, 0.29) is 6.04 Å². The second-order valence-corrected chi connectivity index (χ2v) is 4.27. The Morgan fingerprint density at radius 3 is 2.56 bits per heavy atom. The maximum Gasteiger partial charge on any atom is 0.249 e. The number of hydrogen-bond donors (Lipinski definition) is 1. The number of halogens is 2. The third-order valence-corrected chi connectivity index (χ3v) is 2.57. The van der Waals surface area contributed by atoms with Gasteiger partial charge in [-0.3, -0.25) is 9.59 Å². The zero-order valence-electron chi connectivity index (χ0n) is 9.73. The number of carbonyl (C=O) groups excluding carboxylic acids is 2. The van der Waals surface area contributed by atoms with Crippen LogP contribution in [0.15, 0.2) is 0 Å². The third-order valence-electron chi connectivity index (χ3n) is 2.57. The van der Waals surface area contributed by atoms with Gasteiger partial charge in [0.15, 0.2) is 6.19 Å². The Balaban J connectivity index is 2.36. The average Bonchev–Trinajstić information content (AvgIpc) is 3.09. The van der Waals surface area contributed by atoms with Crippen LogP contribution in [0.25, 0.3) is 0 Å². The van der Waals surface area contributed by atoms with Crippen molar-refractivity contribution in [3.63, 3.8) is 0 Å². The second kappa shape index (κ2) is 5.76. The predicted molar refractivity (Wildman–Crippen MR) is 57.8 cm³/mol. The molecule has 0 spiro atoms. The lowest BCUT2D eigenvalue weighted by Crippen LogP contribution is -2.30. The van der Waals surface area contributed by atoms with Gasteiger partial charge < -0.3 is 5.73 Å². The number of hydrogen-bond acceptors (Lipinski definition) is 3. The molecule has 0 heterocycles. The number of nitrogens with two attached hydrogens (primary N) is 1. The van der Waals surface area contributed by atoms with Crippen LogP contribution in [0.2, 0.25) is 0 Å². The summed E-state index contributed by atoms with van der Waals surface area (Å²) in [7, 11) is 0. The summed E-state index contributed by atoms with van der Waals surface area (Å²) in [6, 6.07) is -0.141. The first-order chi connectivity index (χ1) is 8.35. The van der Waals surface area contributed by atoms with Crippen LogP contribution in [-0.2, 0) is 9.59 Å². The van der Waals surface area contributed by atoms with Gasteiger partial charge >= 0.3 is 0 Å². The van der Waals surface area contributed by atoms with Gasteiger partial charge in [-0.15, -0.1) is 0 Å². The van der Waals surface area contributed by atoms with E-state index in [1.807, 2.05) is 0 Å². The smallest absolute Gasteiger partial charge is 0.249 e. The van der Waals surface area contributed by atoms with Crippen LogP contribution >= 0.6 is 0 Å². The highest BCUT2D eigenvalue weighted by Gasteiger charge is 2.35. The summed E-state index contributed by atoms with van der Waals surface area (Å²) in [4.78, 5) is 22.8. The summed E-state index contributed by atoms with van der Waals surface area (Å²) < 4.78 is 26.5. The van der Waals surface area contributed by atoms with E-state index in [2.05, 4.69) is 0 Å². The number of primary amides is 1. The maximum atomic E-state index is 13.2. The topological polar surface area (TPSA) is 87.2 Å². The standard InChI is InChI=1S/C11H14F2N3O2/c12-11(13,5-3-9(15)17)6-4-10(18)16(7-14)8-1-2-8/h4,8H,1-3,5-6H2,(H2,15,17). The quantitative estimate of drug-likeness (QED) is 0.545. The van der Waals surface area contributed by atoms with Gasteiger partial charge in [-0.2, -0.15) is 5.26 Å². The monoisotopic (exact) mass is 258 g/mol. The maximum absolute atomic E-state index is 13.2. The Bertz CT molecular complexity index is 375. The van der Waals surface area contributed by atoms with Crippen molar-refractivity contribution < 1.29 is 18.4 Å². The molecule has 1 rings (SSSR count). The van der Waals surface area contributed by atoms with Crippen LogP contribution in [0.5, 0.6) is 0 Å². The highest BCUT2D eigenvalue weighted by molar-refractivity contribution is 5.86. The van der Waals surface area contributed by atoms with Crippen molar-refractivity contribution in [2.45, 2.75) is 44.1 Å². The molecule has 1 aliphatic carbocycles. The highest BCUT2D eigenvalue weighted by Crippen LogP contribution is 2.29. The molecular weight excluding hydrogens is 244 g/mol. The molecule has 0 aromatic heterocycles. The molecular formula is C11H14F2N3O2. The molecule has 1 radical (unpaired) electrons. The van der Waals surface area contributed by atoms with Gasteiger partial charge in [-0.05, 0) is 12.8 Å². The van der Waals surface area contributed by atoms with Crippen LogP contribution in [0.1, 0.15) is 32.1 Å². The van der Waals surface area contributed by atoms with Crippen molar-refractivity contribution in [3.05, 3.63) is 6.42 Å². The zero-order chi connectivity index (χ0) is 13.8. The summed E-state index contributed by atoms with van der Waals surface area (Å²) in [5.41, 5.74) is 4.77. The Hall–Kier alpha value is -1.71. The number of rotatable bonds is 7. The van der Waals surface area contributed by atoms with Crippen molar-refractivity contribution in [2.75, 3.05) is 0 Å². The lowest BCUT2D eigenvalue weighted by molar-refractivity contribution is -0.126. The van der Waals surface area contributed by atoms with E-state index in [9.17, 15) is 18.4 Å². The first kappa shape index (κ1) is 14.4. The fraction of sp³-hybridized carbons (Fsp3) is 0.636. The van der Waals surface area contributed by atoms with Crippen molar-refractivity contribution in [1.82, 2.24) is 4.90 Å². The minimum atomic E-state index is -3.16. The molecule has 2 amide bonds. The number of carbonyl (C=O) groups is 2. The van der Waals surface area contributed by atoms with Crippen LogP contribution in [0, 0.1) is 17.9 Å². The average molecular weight is 258 g/mol. The van der Waals surface area contributed by atoms with E-state index in [0.29, 0.717) is 0 Å². The number of nitrogens with zero attached hydrogens (tertiary/aromatic N) is 2. The SMILES string of the molecule is N#CN(C(=O)[CH]CC(F)(F)CCC(N)=O)C1CC1. The fourth-order valence-electron chi connectivity index (χ4n) is 1.39. The molecule has 0 unspecified atom stereocenters. The van der Waals surface area contributed by atoms with Gasteiger partial charge in [0, 0.05) is 25.3 Å². The summed E-state index contributed by atoms with van der Waals surface area (Å²) >= 11 is 0. The summed E-state index contributed by atoms with van der Waals surface area (Å²) in [6.07, 6.45) is 2.02. The van der Waals surface area contributed by atoms with E-state index in [4.69, 9.17) is 11.0 Å². The lowest BCUT2D eigenvalue weighted by Gasteiger charge is -2.17. The lowest BCUT2D eigenvalue weighted by atomic mass is 10.1. The predicted octanol–water partition coefficient (Wildman–Crippen LogP) is 0.954. The molecule has 18 heavy (non-hydrogen) atoms. The minimum Gasteiger partial charge on any atom is -0.370 e. The first-order valence-electron chi connectivity index (χ1n) is 5.58. The molecule has 0 saturated heterocycles. The number of amides is 2. The second-order valence-electron chi connectivity index (χ2n) is 4.27. The summed E-state index contributed by atoms with van der Waals surface area (Å²) in [5, 5.41) is 8.70. The van der Waals surface area contributed by atoms with E-state index in [1.54, 1.807) is 6.19 Å². The number of nitriles is 1. The molecule has 2 N–H and O–H groups in total. The van der Waals surface area contributed by atoms with Gasteiger partial charge in [0.25, 0.3) is 0 Å². The van der Waals surface area contributed by atoms with Crippen molar-refractivity contribution in [1.29, 1.82) is 5.26 Å². The molecule has 5 nitrogen and oxygen atoms in total. The summed E-state index contributed by atoms with van der Waals surface area (Å²) in [5.74, 6) is -4.67. The van der Waals surface area contributed by atoms with Crippen molar-refractivity contribution in [3.8, 4) is 6.19 Å². The molecule has 0 atom stereocenters. The van der Waals surface area contributed by atoms with Gasteiger partial charge in [0.2, 0.25) is 17.7 Å². The molecule has 0 aromatic rings. The molecule has 99 valence electrons. The third kappa shape index (κ3) is 4.65. The van der Waals surface area contributed by atoms with Gasteiger partial charge in [0.1, 0.15) is 0 Å². The Kier molecular flexibility index (Phi) is 4.59. The highest BCUT2D eigenvalue weighted by atomic mass is 19.3. The van der Waals surface area contributed by atoms with E-state index < -0.39 is 37.0 Å². The molecule has 1 aliphatic rings.